The lowest BCUT2D eigenvalue weighted by Crippen LogP contribution is -2.18. The lowest BCUT2D eigenvalue weighted by molar-refractivity contribution is 0.0728. The Balaban J connectivity index is 2.94. The SMILES string of the molecule is CC(C)(O)c1cnc(C(F)F)cn1. The van der Waals surface area contributed by atoms with Crippen LogP contribution in [0, 0.1) is 0 Å². The Morgan fingerprint density at radius 3 is 2.23 bits per heavy atom. The maximum absolute atomic E-state index is 12.0. The summed E-state index contributed by atoms with van der Waals surface area (Å²) in [6.45, 7) is 3.03. The zero-order valence-electron chi connectivity index (χ0n) is 7.33. The Hall–Kier alpha value is -1.10. The van der Waals surface area contributed by atoms with Gasteiger partial charge in [0.15, 0.2) is 0 Å². The Labute approximate surface area is 74.5 Å². The summed E-state index contributed by atoms with van der Waals surface area (Å²) in [5, 5.41) is 9.43. The van der Waals surface area contributed by atoms with Gasteiger partial charge in [-0.2, -0.15) is 0 Å². The molecule has 0 bridgehead atoms. The average Bonchev–Trinajstić information content (AvgIpc) is 2.03. The Bertz CT molecular complexity index is 279. The Kier molecular flexibility index (Phi) is 2.56. The fraction of sp³-hybridized carbons (Fsp3) is 0.500. The lowest BCUT2D eigenvalue weighted by atomic mass is 10.1. The minimum absolute atomic E-state index is 0.275. The second-order valence-corrected chi connectivity index (χ2v) is 3.19. The first-order valence-corrected chi connectivity index (χ1v) is 3.74. The molecule has 1 N–H and O–H groups in total. The van der Waals surface area contributed by atoms with E-state index in [0.29, 0.717) is 0 Å². The van der Waals surface area contributed by atoms with Crippen LogP contribution in [0.4, 0.5) is 8.78 Å². The van der Waals surface area contributed by atoms with E-state index in [2.05, 4.69) is 9.97 Å². The quantitative estimate of drug-likeness (QED) is 0.767. The molecule has 3 nitrogen and oxygen atoms in total. The minimum Gasteiger partial charge on any atom is -0.384 e. The third kappa shape index (κ3) is 2.42. The van der Waals surface area contributed by atoms with E-state index in [1.54, 1.807) is 0 Å². The number of rotatable bonds is 2. The molecule has 0 saturated carbocycles. The van der Waals surface area contributed by atoms with Crippen LogP contribution in [0.5, 0.6) is 0 Å². The molecule has 13 heavy (non-hydrogen) atoms. The Morgan fingerprint density at radius 2 is 1.92 bits per heavy atom. The van der Waals surface area contributed by atoms with Crippen LogP contribution in [-0.4, -0.2) is 15.1 Å². The van der Waals surface area contributed by atoms with Gasteiger partial charge in [0, 0.05) is 0 Å². The van der Waals surface area contributed by atoms with Gasteiger partial charge in [-0.25, -0.2) is 8.78 Å². The van der Waals surface area contributed by atoms with Crippen LogP contribution in [0.2, 0.25) is 0 Å². The Morgan fingerprint density at radius 1 is 1.31 bits per heavy atom. The van der Waals surface area contributed by atoms with Gasteiger partial charge in [0.2, 0.25) is 0 Å². The van der Waals surface area contributed by atoms with Gasteiger partial charge in [-0.3, -0.25) is 9.97 Å². The summed E-state index contributed by atoms with van der Waals surface area (Å²) in [5.41, 5.74) is -1.25. The van der Waals surface area contributed by atoms with Crippen LogP contribution in [0.15, 0.2) is 12.4 Å². The number of aromatic nitrogens is 2. The van der Waals surface area contributed by atoms with Gasteiger partial charge in [0.05, 0.1) is 18.1 Å². The molecule has 0 atom stereocenters. The van der Waals surface area contributed by atoms with Gasteiger partial charge in [0.1, 0.15) is 11.3 Å². The van der Waals surface area contributed by atoms with Crippen molar-refractivity contribution >= 4 is 0 Å². The third-order valence-electron chi connectivity index (χ3n) is 1.52. The van der Waals surface area contributed by atoms with Crippen molar-refractivity contribution in [3.05, 3.63) is 23.8 Å². The predicted octanol–water partition coefficient (Wildman–Crippen LogP) is 1.64. The van der Waals surface area contributed by atoms with Crippen LogP contribution in [-0.2, 0) is 5.60 Å². The first-order valence-electron chi connectivity index (χ1n) is 3.74. The van der Waals surface area contributed by atoms with E-state index in [-0.39, 0.29) is 11.4 Å². The highest BCUT2D eigenvalue weighted by molar-refractivity contribution is 5.08. The van der Waals surface area contributed by atoms with E-state index in [0.717, 1.165) is 12.4 Å². The molecule has 0 amide bonds. The van der Waals surface area contributed by atoms with Crippen molar-refractivity contribution in [2.75, 3.05) is 0 Å². The van der Waals surface area contributed by atoms with E-state index in [1.165, 1.54) is 13.8 Å². The van der Waals surface area contributed by atoms with Gasteiger partial charge >= 0.3 is 0 Å². The molecule has 1 rings (SSSR count). The standard InChI is InChI=1S/C8H10F2N2O/c1-8(2,13)6-4-11-5(3-12-6)7(9)10/h3-4,7,13H,1-2H3. The largest absolute Gasteiger partial charge is 0.384 e. The van der Waals surface area contributed by atoms with Crippen LogP contribution in [0.1, 0.15) is 31.7 Å². The average molecular weight is 188 g/mol. The molecule has 0 aromatic carbocycles. The van der Waals surface area contributed by atoms with Crippen molar-refractivity contribution in [3.8, 4) is 0 Å². The summed E-state index contributed by atoms with van der Waals surface area (Å²) >= 11 is 0. The number of hydrogen-bond acceptors (Lipinski definition) is 3. The summed E-state index contributed by atoms with van der Waals surface area (Å²) in [5.74, 6) is 0. The zero-order chi connectivity index (χ0) is 10.1. The number of alkyl halides is 2. The van der Waals surface area contributed by atoms with E-state index in [9.17, 15) is 13.9 Å². The summed E-state index contributed by atoms with van der Waals surface area (Å²) in [4.78, 5) is 7.15. The van der Waals surface area contributed by atoms with E-state index < -0.39 is 12.0 Å². The summed E-state index contributed by atoms with van der Waals surface area (Å²) in [6, 6.07) is 0. The van der Waals surface area contributed by atoms with Crippen molar-refractivity contribution in [2.24, 2.45) is 0 Å². The van der Waals surface area contributed by atoms with Gasteiger partial charge in [-0.1, -0.05) is 0 Å². The van der Waals surface area contributed by atoms with Crippen LogP contribution < -0.4 is 0 Å². The topological polar surface area (TPSA) is 46.0 Å². The molecule has 5 heteroatoms. The highest BCUT2D eigenvalue weighted by Crippen LogP contribution is 2.19. The van der Waals surface area contributed by atoms with E-state index >= 15 is 0 Å². The molecule has 0 aliphatic carbocycles. The van der Waals surface area contributed by atoms with Crippen molar-refractivity contribution in [1.82, 2.24) is 9.97 Å². The van der Waals surface area contributed by atoms with Crippen LogP contribution >= 0.6 is 0 Å². The van der Waals surface area contributed by atoms with Crippen molar-refractivity contribution < 1.29 is 13.9 Å². The summed E-state index contributed by atoms with van der Waals surface area (Å²) in [7, 11) is 0. The van der Waals surface area contributed by atoms with Gasteiger partial charge in [-0.15, -0.1) is 0 Å². The fourth-order valence-electron chi connectivity index (χ4n) is 0.767. The number of hydrogen-bond donors (Lipinski definition) is 1. The molecule has 1 aromatic rings. The van der Waals surface area contributed by atoms with Gasteiger partial charge in [0.25, 0.3) is 6.43 Å². The second kappa shape index (κ2) is 3.33. The molecule has 1 aromatic heterocycles. The number of aliphatic hydroxyl groups is 1. The molecule has 0 spiro atoms. The summed E-state index contributed by atoms with van der Waals surface area (Å²) in [6.07, 6.45) is -0.497. The lowest BCUT2D eigenvalue weighted by Gasteiger charge is -2.15. The van der Waals surface area contributed by atoms with Crippen molar-refractivity contribution in [2.45, 2.75) is 25.9 Å². The van der Waals surface area contributed by atoms with Crippen LogP contribution in [0.25, 0.3) is 0 Å². The van der Waals surface area contributed by atoms with E-state index in [1.807, 2.05) is 0 Å². The highest BCUT2D eigenvalue weighted by Gasteiger charge is 2.19. The molecule has 0 fully saturated rings. The molecular formula is C8H10F2N2O. The third-order valence-corrected chi connectivity index (χ3v) is 1.52. The zero-order valence-corrected chi connectivity index (χ0v) is 7.33. The van der Waals surface area contributed by atoms with Gasteiger partial charge < -0.3 is 5.11 Å². The van der Waals surface area contributed by atoms with E-state index in [4.69, 9.17) is 0 Å². The van der Waals surface area contributed by atoms with Crippen LogP contribution in [0.3, 0.4) is 0 Å². The summed E-state index contributed by atoms with van der Waals surface area (Å²) < 4.78 is 24.1. The number of nitrogens with zero attached hydrogens (tertiary/aromatic N) is 2. The molecule has 0 aliphatic heterocycles. The second-order valence-electron chi connectivity index (χ2n) is 3.19. The molecule has 0 saturated heterocycles. The molecule has 1 heterocycles. The first-order chi connectivity index (χ1) is 5.91. The maximum Gasteiger partial charge on any atom is 0.281 e. The monoisotopic (exact) mass is 188 g/mol. The van der Waals surface area contributed by atoms with Crippen molar-refractivity contribution in [3.63, 3.8) is 0 Å². The molecule has 0 radical (unpaired) electrons. The normalized spacial score (nSPS) is 12.2. The smallest absolute Gasteiger partial charge is 0.281 e. The molecule has 72 valence electrons. The number of halogens is 2. The fourth-order valence-corrected chi connectivity index (χ4v) is 0.767. The molecular weight excluding hydrogens is 178 g/mol. The first kappa shape index (κ1) is 9.98. The molecule has 0 aliphatic rings. The predicted molar refractivity (Wildman–Crippen MR) is 42.2 cm³/mol. The minimum atomic E-state index is -2.62. The van der Waals surface area contributed by atoms with Gasteiger partial charge in [-0.05, 0) is 13.8 Å². The maximum atomic E-state index is 12.0. The van der Waals surface area contributed by atoms with Crippen molar-refractivity contribution in [1.29, 1.82) is 0 Å². The highest BCUT2D eigenvalue weighted by atomic mass is 19.3. The molecule has 0 unspecified atom stereocenters.